The Bertz CT molecular complexity index is 416. The van der Waals surface area contributed by atoms with Gasteiger partial charge in [0.1, 0.15) is 0 Å². The molecule has 1 heterocycles. The highest BCUT2D eigenvalue weighted by atomic mass is 127. The van der Waals surface area contributed by atoms with E-state index in [1.807, 2.05) is 7.05 Å². The van der Waals surface area contributed by atoms with Gasteiger partial charge in [-0.15, -0.1) is 35.3 Å². The molecule has 1 fully saturated rings. The number of hydrogen-bond acceptors (Lipinski definition) is 3. The number of likely N-dealkylation sites (N-methyl/N-ethyl adjacent to an activating group) is 1. The lowest BCUT2D eigenvalue weighted by Crippen LogP contribution is -2.43. The van der Waals surface area contributed by atoms with E-state index >= 15 is 0 Å². The second-order valence-corrected chi connectivity index (χ2v) is 6.74. The van der Waals surface area contributed by atoms with E-state index in [2.05, 4.69) is 45.1 Å². The van der Waals surface area contributed by atoms with E-state index in [1.165, 1.54) is 37.0 Å². The molecule has 4 nitrogen and oxygen atoms in total. The van der Waals surface area contributed by atoms with Crippen LogP contribution in [0, 0.1) is 0 Å². The number of thiophene rings is 1. The molecule has 0 aromatic carbocycles. The smallest absolute Gasteiger partial charge is 0.191 e. The van der Waals surface area contributed by atoms with Crippen molar-refractivity contribution in [1.82, 2.24) is 15.5 Å². The average Bonchev–Trinajstić information content (AvgIpc) is 3.04. The molecule has 0 atom stereocenters. The summed E-state index contributed by atoms with van der Waals surface area (Å²) in [5.74, 6) is 0.889. The molecule has 1 saturated carbocycles. The van der Waals surface area contributed by atoms with Gasteiger partial charge in [-0.25, -0.2) is 0 Å². The lowest BCUT2D eigenvalue weighted by Gasteiger charge is -2.31. The van der Waals surface area contributed by atoms with Crippen molar-refractivity contribution >= 4 is 41.3 Å². The molecule has 1 aliphatic rings. The number of nitrogens with one attached hydrogen (secondary N) is 2. The fraction of sp³-hybridized carbons (Fsp3) is 0.688. The molecule has 1 aromatic rings. The molecule has 1 aliphatic carbocycles. The third-order valence-corrected chi connectivity index (χ3v) is 5.07. The van der Waals surface area contributed by atoms with Crippen LogP contribution in [0.3, 0.4) is 0 Å². The number of rotatable bonds is 6. The summed E-state index contributed by atoms with van der Waals surface area (Å²) in [6.07, 6.45) is 6.94. The molecule has 2 rings (SSSR count). The molecular formula is C16H29IN4S. The quantitative estimate of drug-likeness (QED) is 0.409. The number of halogens is 1. The van der Waals surface area contributed by atoms with Gasteiger partial charge in [-0.05, 0) is 31.3 Å². The number of hydrogen-bond donors (Lipinski definition) is 2. The van der Waals surface area contributed by atoms with Gasteiger partial charge < -0.3 is 15.5 Å². The Morgan fingerprint density at radius 2 is 2.09 bits per heavy atom. The van der Waals surface area contributed by atoms with Gasteiger partial charge in [-0.1, -0.05) is 25.3 Å². The molecule has 0 spiro atoms. The standard InChI is InChI=1S/C16H28N4S.HI/c1-17-16(19-13-15-9-6-12-21-15)18-10-11-20(2)14-7-4-3-5-8-14;/h6,9,12,14H,3-5,7-8,10-11,13H2,1-2H3,(H2,17,18,19);1H. The summed E-state index contributed by atoms with van der Waals surface area (Å²) in [5, 5.41) is 8.86. The molecule has 0 bridgehead atoms. The van der Waals surface area contributed by atoms with Crippen molar-refractivity contribution in [3.8, 4) is 0 Å². The fourth-order valence-electron chi connectivity index (χ4n) is 2.86. The van der Waals surface area contributed by atoms with E-state index in [4.69, 9.17) is 0 Å². The second-order valence-electron chi connectivity index (χ2n) is 5.70. The normalized spacial score (nSPS) is 16.4. The zero-order chi connectivity index (χ0) is 14.9. The van der Waals surface area contributed by atoms with Crippen molar-refractivity contribution in [1.29, 1.82) is 0 Å². The van der Waals surface area contributed by atoms with Crippen molar-refractivity contribution in [3.63, 3.8) is 0 Å². The molecule has 0 radical (unpaired) electrons. The Morgan fingerprint density at radius 3 is 2.73 bits per heavy atom. The minimum atomic E-state index is 0. The van der Waals surface area contributed by atoms with Crippen LogP contribution in [0.15, 0.2) is 22.5 Å². The molecule has 6 heteroatoms. The molecule has 1 aromatic heterocycles. The van der Waals surface area contributed by atoms with Crippen molar-refractivity contribution in [2.24, 2.45) is 4.99 Å². The van der Waals surface area contributed by atoms with Crippen LogP contribution < -0.4 is 10.6 Å². The summed E-state index contributed by atoms with van der Waals surface area (Å²) in [6, 6.07) is 5.00. The lowest BCUT2D eigenvalue weighted by atomic mass is 9.94. The third kappa shape index (κ3) is 6.83. The van der Waals surface area contributed by atoms with E-state index in [0.717, 1.165) is 31.6 Å². The van der Waals surface area contributed by atoms with Gasteiger partial charge in [0.15, 0.2) is 5.96 Å². The Balaban J connectivity index is 0.00000242. The summed E-state index contributed by atoms with van der Waals surface area (Å²) >= 11 is 1.77. The van der Waals surface area contributed by atoms with Crippen LogP contribution in [-0.4, -0.2) is 44.1 Å². The van der Waals surface area contributed by atoms with Gasteiger partial charge in [-0.3, -0.25) is 4.99 Å². The largest absolute Gasteiger partial charge is 0.355 e. The summed E-state index contributed by atoms with van der Waals surface area (Å²) < 4.78 is 0. The molecule has 0 unspecified atom stereocenters. The first-order valence-electron chi connectivity index (χ1n) is 7.96. The van der Waals surface area contributed by atoms with Gasteiger partial charge in [0.25, 0.3) is 0 Å². The predicted octanol–water partition coefficient (Wildman–Crippen LogP) is 3.30. The van der Waals surface area contributed by atoms with Crippen molar-refractivity contribution < 1.29 is 0 Å². The highest BCUT2D eigenvalue weighted by Crippen LogP contribution is 2.21. The van der Waals surface area contributed by atoms with Gasteiger partial charge in [-0.2, -0.15) is 0 Å². The minimum Gasteiger partial charge on any atom is -0.355 e. The van der Waals surface area contributed by atoms with Crippen LogP contribution in [0.4, 0.5) is 0 Å². The van der Waals surface area contributed by atoms with Crippen LogP contribution in [0.2, 0.25) is 0 Å². The molecule has 2 N–H and O–H groups in total. The van der Waals surface area contributed by atoms with Gasteiger partial charge in [0.2, 0.25) is 0 Å². The maximum atomic E-state index is 4.28. The number of guanidine groups is 1. The third-order valence-electron chi connectivity index (χ3n) is 4.19. The van der Waals surface area contributed by atoms with Crippen LogP contribution in [0.5, 0.6) is 0 Å². The van der Waals surface area contributed by atoms with E-state index < -0.39 is 0 Å². The molecule has 126 valence electrons. The molecule has 0 saturated heterocycles. The number of aliphatic imine (C=N–C) groups is 1. The monoisotopic (exact) mass is 436 g/mol. The second kappa shape index (κ2) is 11.2. The van der Waals surface area contributed by atoms with Gasteiger partial charge in [0.05, 0.1) is 6.54 Å². The predicted molar refractivity (Wildman–Crippen MR) is 107 cm³/mol. The highest BCUT2D eigenvalue weighted by Gasteiger charge is 2.17. The first-order chi connectivity index (χ1) is 10.3. The average molecular weight is 436 g/mol. The molecule has 22 heavy (non-hydrogen) atoms. The summed E-state index contributed by atoms with van der Waals surface area (Å²) in [5.41, 5.74) is 0. The van der Waals surface area contributed by atoms with Crippen molar-refractivity contribution in [2.45, 2.75) is 44.7 Å². The molecular weight excluding hydrogens is 407 g/mol. The van der Waals surface area contributed by atoms with Crippen LogP contribution in [0.1, 0.15) is 37.0 Å². The van der Waals surface area contributed by atoms with E-state index in [9.17, 15) is 0 Å². The van der Waals surface area contributed by atoms with Gasteiger partial charge >= 0.3 is 0 Å². The first-order valence-corrected chi connectivity index (χ1v) is 8.84. The van der Waals surface area contributed by atoms with Crippen LogP contribution in [-0.2, 0) is 6.54 Å². The topological polar surface area (TPSA) is 39.7 Å². The Labute approximate surface area is 155 Å². The maximum absolute atomic E-state index is 4.28. The van der Waals surface area contributed by atoms with Crippen LogP contribution in [0.25, 0.3) is 0 Å². The Kier molecular flexibility index (Phi) is 10.1. The summed E-state index contributed by atoms with van der Waals surface area (Å²) in [6.45, 7) is 2.86. The van der Waals surface area contributed by atoms with E-state index in [0.29, 0.717) is 0 Å². The molecule has 0 amide bonds. The zero-order valence-electron chi connectivity index (χ0n) is 13.7. The van der Waals surface area contributed by atoms with Gasteiger partial charge in [0, 0.05) is 31.1 Å². The van der Waals surface area contributed by atoms with E-state index in [1.54, 1.807) is 11.3 Å². The fourth-order valence-corrected chi connectivity index (χ4v) is 3.50. The number of nitrogens with zero attached hydrogens (tertiary/aromatic N) is 2. The van der Waals surface area contributed by atoms with E-state index in [-0.39, 0.29) is 24.0 Å². The van der Waals surface area contributed by atoms with Crippen molar-refractivity contribution in [2.75, 3.05) is 27.2 Å². The first kappa shape index (κ1) is 19.7. The Morgan fingerprint density at radius 1 is 1.32 bits per heavy atom. The highest BCUT2D eigenvalue weighted by molar-refractivity contribution is 14.0. The Hall–Kier alpha value is -0.340. The zero-order valence-corrected chi connectivity index (χ0v) is 16.8. The lowest BCUT2D eigenvalue weighted by molar-refractivity contribution is 0.194. The summed E-state index contributed by atoms with van der Waals surface area (Å²) in [4.78, 5) is 8.11. The molecule has 0 aliphatic heterocycles. The SMILES string of the molecule is CN=C(NCCN(C)C1CCCCC1)NCc1cccs1.I. The maximum Gasteiger partial charge on any atom is 0.191 e. The minimum absolute atomic E-state index is 0. The van der Waals surface area contributed by atoms with Crippen molar-refractivity contribution in [3.05, 3.63) is 22.4 Å². The summed E-state index contributed by atoms with van der Waals surface area (Å²) in [7, 11) is 4.08. The van der Waals surface area contributed by atoms with Crippen LogP contribution >= 0.6 is 35.3 Å².